The Morgan fingerprint density at radius 2 is 2.33 bits per heavy atom. The normalized spacial score (nSPS) is 13.1. The highest BCUT2D eigenvalue weighted by Gasteiger charge is 1.98. The molecule has 1 unspecified atom stereocenters. The van der Waals surface area contributed by atoms with Gasteiger partial charge in [0, 0.05) is 19.0 Å². The lowest BCUT2D eigenvalue weighted by Gasteiger charge is -2.10. The molecule has 3 heteroatoms. The Morgan fingerprint density at radius 3 is 2.67 bits per heavy atom. The predicted molar refractivity (Wildman–Crippen MR) is 30.7 cm³/mol. The van der Waals surface area contributed by atoms with Gasteiger partial charge in [0.2, 0.25) is 0 Å². The van der Waals surface area contributed by atoms with Crippen LogP contribution in [0.1, 0.15) is 20.3 Å². The van der Waals surface area contributed by atoms with Crippen LogP contribution in [-0.2, 0) is 9.53 Å². The molecule has 0 aliphatic carbocycles. The number of carbonyl (C=O) groups is 1. The van der Waals surface area contributed by atoms with E-state index in [0.717, 1.165) is 0 Å². The number of aliphatic carboxylic acids is 1. The molecule has 0 radical (unpaired) electrons. The summed E-state index contributed by atoms with van der Waals surface area (Å²) in [6.07, 6.45) is -0.242. The van der Waals surface area contributed by atoms with Gasteiger partial charge in [0.05, 0.1) is 6.10 Å². The van der Waals surface area contributed by atoms with E-state index in [4.69, 9.17) is 4.74 Å². The Bertz CT molecular complexity index is 90.3. The minimum Gasteiger partial charge on any atom is -0.550 e. The van der Waals surface area contributed by atoms with Gasteiger partial charge in [-0.25, -0.2) is 0 Å². The molecule has 0 aliphatic rings. The van der Waals surface area contributed by atoms with E-state index in [-0.39, 0.29) is 12.5 Å². The van der Waals surface area contributed by atoms with Crippen LogP contribution >= 0.6 is 0 Å². The van der Waals surface area contributed by atoms with Crippen molar-refractivity contribution in [3.63, 3.8) is 0 Å². The van der Waals surface area contributed by atoms with Gasteiger partial charge in [-0.3, -0.25) is 0 Å². The van der Waals surface area contributed by atoms with Crippen molar-refractivity contribution in [2.24, 2.45) is 0 Å². The molecule has 0 heterocycles. The molecule has 0 aliphatic heterocycles. The van der Waals surface area contributed by atoms with Crippen molar-refractivity contribution < 1.29 is 14.6 Å². The summed E-state index contributed by atoms with van der Waals surface area (Å²) in [7, 11) is 0. The van der Waals surface area contributed by atoms with Crippen molar-refractivity contribution in [3.8, 4) is 0 Å². The van der Waals surface area contributed by atoms with E-state index < -0.39 is 5.97 Å². The second-order valence-electron chi connectivity index (χ2n) is 1.84. The topological polar surface area (TPSA) is 49.4 Å². The van der Waals surface area contributed by atoms with Crippen molar-refractivity contribution in [2.75, 3.05) is 6.61 Å². The predicted octanol–water partition coefficient (Wildman–Crippen LogP) is -0.449. The van der Waals surface area contributed by atoms with Gasteiger partial charge in [-0.15, -0.1) is 0 Å². The summed E-state index contributed by atoms with van der Waals surface area (Å²) in [6, 6.07) is 0. The van der Waals surface area contributed by atoms with Gasteiger partial charge in [-0.1, -0.05) is 0 Å². The summed E-state index contributed by atoms with van der Waals surface area (Å²) in [5.41, 5.74) is 0. The van der Waals surface area contributed by atoms with Gasteiger partial charge >= 0.3 is 0 Å². The number of hydrogen-bond acceptors (Lipinski definition) is 3. The Hall–Kier alpha value is -0.570. The third-order valence-corrected chi connectivity index (χ3v) is 0.905. The molecule has 0 amide bonds. The van der Waals surface area contributed by atoms with Crippen LogP contribution in [0.4, 0.5) is 0 Å². The molecule has 0 fully saturated rings. The highest BCUT2D eigenvalue weighted by molar-refractivity contribution is 5.64. The Labute approximate surface area is 54.6 Å². The standard InChI is InChI=1S/C6H12O3/c1-3-9-5(2)4-6(7)8/h5H,3-4H2,1-2H3,(H,7,8)/p-1. The van der Waals surface area contributed by atoms with Crippen LogP contribution in [0.25, 0.3) is 0 Å². The molecular formula is C6H11O3-. The zero-order valence-electron chi connectivity index (χ0n) is 5.72. The average Bonchev–Trinajstić information content (AvgIpc) is 1.63. The summed E-state index contributed by atoms with van der Waals surface area (Å²) in [4.78, 5) is 9.89. The van der Waals surface area contributed by atoms with E-state index in [1.807, 2.05) is 6.92 Å². The Morgan fingerprint density at radius 1 is 1.78 bits per heavy atom. The molecule has 0 bridgehead atoms. The molecule has 9 heavy (non-hydrogen) atoms. The summed E-state index contributed by atoms with van der Waals surface area (Å²) in [5.74, 6) is -1.06. The maximum Gasteiger partial charge on any atom is 0.0598 e. The quantitative estimate of drug-likeness (QED) is 0.519. The average molecular weight is 131 g/mol. The molecule has 0 saturated heterocycles. The fraction of sp³-hybridized carbons (Fsp3) is 0.833. The molecule has 0 rings (SSSR count). The van der Waals surface area contributed by atoms with Crippen LogP contribution in [0.2, 0.25) is 0 Å². The molecule has 3 nitrogen and oxygen atoms in total. The van der Waals surface area contributed by atoms with Gasteiger partial charge in [0.25, 0.3) is 0 Å². The van der Waals surface area contributed by atoms with Crippen molar-refractivity contribution in [1.82, 2.24) is 0 Å². The molecule has 0 N–H and O–H groups in total. The zero-order valence-corrected chi connectivity index (χ0v) is 5.72. The maximum absolute atomic E-state index is 9.89. The molecule has 0 saturated carbocycles. The number of carboxylic acid groups (broad SMARTS) is 1. The van der Waals surface area contributed by atoms with Crippen LogP contribution < -0.4 is 5.11 Å². The molecule has 0 aromatic carbocycles. The first-order chi connectivity index (χ1) is 4.16. The Kier molecular flexibility index (Phi) is 4.05. The second-order valence-corrected chi connectivity index (χ2v) is 1.84. The van der Waals surface area contributed by atoms with Gasteiger partial charge in [-0.2, -0.15) is 0 Å². The summed E-state index contributed by atoms with van der Waals surface area (Å²) in [6.45, 7) is 4.08. The first-order valence-electron chi connectivity index (χ1n) is 2.98. The van der Waals surface area contributed by atoms with E-state index in [1.165, 1.54) is 0 Å². The number of carbonyl (C=O) groups excluding carboxylic acids is 1. The monoisotopic (exact) mass is 131 g/mol. The van der Waals surface area contributed by atoms with Crippen LogP contribution in [0.3, 0.4) is 0 Å². The van der Waals surface area contributed by atoms with Crippen LogP contribution in [0.15, 0.2) is 0 Å². The number of rotatable bonds is 4. The first kappa shape index (κ1) is 8.43. The van der Waals surface area contributed by atoms with Crippen molar-refractivity contribution in [2.45, 2.75) is 26.4 Å². The van der Waals surface area contributed by atoms with Crippen LogP contribution in [-0.4, -0.2) is 18.7 Å². The molecule has 0 spiro atoms. The minimum absolute atomic E-state index is 0.0200. The number of carboxylic acids is 1. The summed E-state index contributed by atoms with van der Waals surface area (Å²) in [5, 5.41) is 9.89. The van der Waals surface area contributed by atoms with Gasteiger partial charge in [-0.05, 0) is 13.8 Å². The number of ether oxygens (including phenoxy) is 1. The van der Waals surface area contributed by atoms with Crippen molar-refractivity contribution in [3.05, 3.63) is 0 Å². The smallest absolute Gasteiger partial charge is 0.0598 e. The molecule has 1 atom stereocenters. The van der Waals surface area contributed by atoms with Gasteiger partial charge in [0.15, 0.2) is 0 Å². The van der Waals surface area contributed by atoms with Gasteiger partial charge in [0.1, 0.15) is 0 Å². The number of hydrogen-bond donors (Lipinski definition) is 0. The second kappa shape index (κ2) is 4.32. The van der Waals surface area contributed by atoms with E-state index in [9.17, 15) is 9.90 Å². The Balaban J connectivity index is 3.26. The summed E-state index contributed by atoms with van der Waals surface area (Å²) >= 11 is 0. The lowest BCUT2D eigenvalue weighted by Crippen LogP contribution is -2.27. The largest absolute Gasteiger partial charge is 0.550 e. The highest BCUT2D eigenvalue weighted by Crippen LogP contribution is 1.94. The lowest BCUT2D eigenvalue weighted by molar-refractivity contribution is -0.307. The van der Waals surface area contributed by atoms with E-state index >= 15 is 0 Å². The molecule has 0 aromatic heterocycles. The van der Waals surface area contributed by atoms with Crippen LogP contribution in [0.5, 0.6) is 0 Å². The molecule has 0 aromatic rings. The maximum atomic E-state index is 9.89. The fourth-order valence-corrected chi connectivity index (χ4v) is 0.578. The fourth-order valence-electron chi connectivity index (χ4n) is 0.578. The first-order valence-corrected chi connectivity index (χ1v) is 2.98. The third-order valence-electron chi connectivity index (χ3n) is 0.905. The van der Waals surface area contributed by atoms with Gasteiger partial charge < -0.3 is 14.6 Å². The van der Waals surface area contributed by atoms with Crippen molar-refractivity contribution >= 4 is 5.97 Å². The minimum atomic E-state index is -1.06. The van der Waals surface area contributed by atoms with Crippen LogP contribution in [0, 0.1) is 0 Å². The van der Waals surface area contributed by atoms with E-state index in [1.54, 1.807) is 6.92 Å². The molecule has 54 valence electrons. The third kappa shape index (κ3) is 5.30. The van der Waals surface area contributed by atoms with E-state index in [2.05, 4.69) is 0 Å². The van der Waals surface area contributed by atoms with Crippen molar-refractivity contribution in [1.29, 1.82) is 0 Å². The lowest BCUT2D eigenvalue weighted by atomic mass is 10.3. The highest BCUT2D eigenvalue weighted by atomic mass is 16.5. The molecular weight excluding hydrogens is 120 g/mol. The SMILES string of the molecule is CCOC(C)CC(=O)[O-]. The summed E-state index contributed by atoms with van der Waals surface area (Å²) < 4.78 is 4.93. The zero-order chi connectivity index (χ0) is 7.28. The van der Waals surface area contributed by atoms with E-state index in [0.29, 0.717) is 6.61 Å².